The lowest BCUT2D eigenvalue weighted by molar-refractivity contribution is 0.0993. The molecule has 1 heterocycles. The van der Waals surface area contributed by atoms with Crippen molar-refractivity contribution in [1.29, 1.82) is 0 Å². The Kier molecular flexibility index (Phi) is 6.81. The van der Waals surface area contributed by atoms with Crippen LogP contribution < -0.4 is 4.90 Å². The van der Waals surface area contributed by atoms with E-state index in [1.54, 1.807) is 0 Å². The lowest BCUT2D eigenvalue weighted by Crippen LogP contribution is -2.39. The third-order valence-corrected chi connectivity index (χ3v) is 8.85. The van der Waals surface area contributed by atoms with Crippen LogP contribution in [0.3, 0.4) is 0 Å². The van der Waals surface area contributed by atoms with Crippen molar-refractivity contribution < 1.29 is 21.6 Å². The van der Waals surface area contributed by atoms with E-state index in [1.165, 1.54) is 58.7 Å². The first-order valence-electron chi connectivity index (χ1n) is 9.79. The van der Waals surface area contributed by atoms with Crippen molar-refractivity contribution in [2.45, 2.75) is 29.6 Å². The quantitative estimate of drug-likeness (QED) is 0.648. The van der Waals surface area contributed by atoms with Crippen LogP contribution in [-0.2, 0) is 19.9 Å². The molecule has 1 atom stereocenters. The number of nitrogens with zero attached hydrogens (tertiary/aromatic N) is 2. The number of sulfonamides is 1. The molecule has 0 radical (unpaired) electrons. The summed E-state index contributed by atoms with van der Waals surface area (Å²) in [6.45, 7) is 2.85. The van der Waals surface area contributed by atoms with E-state index in [0.29, 0.717) is 18.8 Å². The van der Waals surface area contributed by atoms with Gasteiger partial charge >= 0.3 is 0 Å². The molecule has 1 unspecified atom stereocenters. The molecule has 0 saturated carbocycles. The van der Waals surface area contributed by atoms with E-state index < -0.39 is 25.8 Å². The molecule has 1 saturated heterocycles. The molecule has 1 aliphatic rings. The molecule has 1 aliphatic heterocycles. The molecule has 0 aliphatic carbocycles. The number of carbonyl (C=O) groups excluding carboxylic acids is 1. The third kappa shape index (κ3) is 5.11. The van der Waals surface area contributed by atoms with Crippen LogP contribution in [0, 0.1) is 5.92 Å². The lowest BCUT2D eigenvalue weighted by Gasteiger charge is -2.30. The number of piperidine rings is 1. The van der Waals surface area contributed by atoms with Gasteiger partial charge in [0.25, 0.3) is 5.91 Å². The van der Waals surface area contributed by atoms with Crippen molar-refractivity contribution in [1.82, 2.24) is 4.31 Å². The largest absolute Gasteiger partial charge is 0.311 e. The number of rotatable bonds is 5. The number of sulfone groups is 1. The van der Waals surface area contributed by atoms with Gasteiger partial charge in [-0.05, 0) is 61.2 Å². The van der Waals surface area contributed by atoms with Crippen molar-refractivity contribution in [3.63, 3.8) is 0 Å². The number of halogens is 1. The van der Waals surface area contributed by atoms with Gasteiger partial charge in [0, 0.05) is 37.6 Å². The normalized spacial score (nSPS) is 18.0. The minimum atomic E-state index is -3.83. The summed E-state index contributed by atoms with van der Waals surface area (Å²) < 4.78 is 51.0. The van der Waals surface area contributed by atoms with E-state index in [1.807, 2.05) is 6.92 Å². The molecule has 1 fully saturated rings. The maximum atomic E-state index is 13.2. The molecule has 0 spiro atoms. The van der Waals surface area contributed by atoms with E-state index in [0.717, 1.165) is 19.1 Å². The van der Waals surface area contributed by atoms with Gasteiger partial charge in [-0.2, -0.15) is 4.31 Å². The van der Waals surface area contributed by atoms with E-state index in [-0.39, 0.29) is 26.3 Å². The highest BCUT2D eigenvalue weighted by molar-refractivity contribution is 7.90. The van der Waals surface area contributed by atoms with Crippen LogP contribution in [-0.4, -0.2) is 53.4 Å². The van der Waals surface area contributed by atoms with E-state index in [2.05, 4.69) is 0 Å². The molecule has 168 valence electrons. The van der Waals surface area contributed by atoms with Crippen molar-refractivity contribution in [2.75, 3.05) is 31.3 Å². The van der Waals surface area contributed by atoms with Gasteiger partial charge < -0.3 is 4.90 Å². The zero-order valence-corrected chi connectivity index (χ0v) is 20.0. The fraction of sp³-hybridized carbons (Fsp3) is 0.381. The summed E-state index contributed by atoms with van der Waals surface area (Å²) >= 11 is 6.21. The summed E-state index contributed by atoms with van der Waals surface area (Å²) in [5, 5.41) is 0.0648. The van der Waals surface area contributed by atoms with Crippen LogP contribution >= 0.6 is 11.6 Å². The highest BCUT2D eigenvalue weighted by Crippen LogP contribution is 2.30. The van der Waals surface area contributed by atoms with Crippen LogP contribution in [0.25, 0.3) is 0 Å². The molecule has 2 aromatic carbocycles. The Morgan fingerprint density at radius 1 is 1.10 bits per heavy atom. The molecule has 0 N–H and O–H groups in total. The number of hydrogen-bond acceptors (Lipinski definition) is 5. The minimum absolute atomic E-state index is 0.0648. The van der Waals surface area contributed by atoms with Gasteiger partial charge in [0.05, 0.1) is 9.92 Å². The van der Waals surface area contributed by atoms with Gasteiger partial charge in [0.2, 0.25) is 10.0 Å². The molecular formula is C21H25ClN2O5S2. The molecule has 2 aromatic rings. The highest BCUT2D eigenvalue weighted by Gasteiger charge is 2.31. The minimum Gasteiger partial charge on any atom is -0.311 e. The van der Waals surface area contributed by atoms with Gasteiger partial charge in [0.15, 0.2) is 9.84 Å². The SMILES string of the molecule is CC1CCCN(S(=O)(=O)c2cc(C(=O)N(C)c3ccc(S(C)(=O)=O)cc3)ccc2Cl)C1. The average molecular weight is 485 g/mol. The highest BCUT2D eigenvalue weighted by atomic mass is 35.5. The first-order chi connectivity index (χ1) is 14.4. The number of amides is 1. The van der Waals surface area contributed by atoms with Gasteiger partial charge in [0.1, 0.15) is 4.90 Å². The van der Waals surface area contributed by atoms with Crippen LogP contribution in [0.5, 0.6) is 0 Å². The first kappa shape index (κ1) is 23.7. The Bertz CT molecular complexity index is 1190. The molecule has 0 bridgehead atoms. The summed E-state index contributed by atoms with van der Waals surface area (Å²) in [5.74, 6) is -0.180. The summed E-state index contributed by atoms with van der Waals surface area (Å²) in [6.07, 6.45) is 2.86. The summed E-state index contributed by atoms with van der Waals surface area (Å²) in [7, 11) is -5.64. The second-order valence-electron chi connectivity index (χ2n) is 7.89. The van der Waals surface area contributed by atoms with Crippen LogP contribution in [0.2, 0.25) is 5.02 Å². The smallest absolute Gasteiger partial charge is 0.258 e. The Labute approximate surface area is 188 Å². The second kappa shape index (κ2) is 8.90. The number of benzene rings is 2. The van der Waals surface area contributed by atoms with Crippen molar-refractivity contribution in [3.05, 3.63) is 53.1 Å². The van der Waals surface area contributed by atoms with Gasteiger partial charge in [-0.25, -0.2) is 16.8 Å². The summed E-state index contributed by atoms with van der Waals surface area (Å²) in [5.41, 5.74) is 0.643. The van der Waals surface area contributed by atoms with Crippen LogP contribution in [0.15, 0.2) is 52.3 Å². The third-order valence-electron chi connectivity index (χ3n) is 5.37. The first-order valence-corrected chi connectivity index (χ1v) is 13.5. The van der Waals surface area contributed by atoms with Crippen LogP contribution in [0.4, 0.5) is 5.69 Å². The van der Waals surface area contributed by atoms with Gasteiger partial charge in [-0.3, -0.25) is 4.79 Å². The molecule has 10 heteroatoms. The Balaban J connectivity index is 1.90. The molecule has 1 amide bonds. The molecule has 3 rings (SSSR count). The van der Waals surface area contributed by atoms with E-state index >= 15 is 0 Å². The summed E-state index contributed by atoms with van der Waals surface area (Å²) in [4.78, 5) is 14.4. The zero-order valence-electron chi connectivity index (χ0n) is 17.6. The van der Waals surface area contributed by atoms with Crippen molar-refractivity contribution in [2.24, 2.45) is 5.92 Å². The molecule has 31 heavy (non-hydrogen) atoms. The number of carbonyl (C=O) groups is 1. The number of anilines is 1. The van der Waals surface area contributed by atoms with E-state index in [4.69, 9.17) is 11.6 Å². The lowest BCUT2D eigenvalue weighted by atomic mass is 10.0. The monoisotopic (exact) mass is 484 g/mol. The van der Waals surface area contributed by atoms with Crippen molar-refractivity contribution in [3.8, 4) is 0 Å². The maximum Gasteiger partial charge on any atom is 0.258 e. The van der Waals surface area contributed by atoms with Gasteiger partial charge in [-0.15, -0.1) is 0 Å². The van der Waals surface area contributed by atoms with Gasteiger partial charge in [-0.1, -0.05) is 18.5 Å². The number of hydrogen-bond donors (Lipinski definition) is 0. The second-order valence-corrected chi connectivity index (χ2v) is 12.2. The molecule has 0 aromatic heterocycles. The van der Waals surface area contributed by atoms with Crippen molar-refractivity contribution >= 4 is 43.1 Å². The van der Waals surface area contributed by atoms with Crippen LogP contribution in [0.1, 0.15) is 30.1 Å². The van der Waals surface area contributed by atoms with E-state index in [9.17, 15) is 21.6 Å². The predicted octanol–water partition coefficient (Wildman–Crippen LogP) is 3.44. The Hall–Kier alpha value is -1.94. The Morgan fingerprint density at radius 2 is 1.74 bits per heavy atom. The fourth-order valence-electron chi connectivity index (χ4n) is 3.57. The molecule has 7 nitrogen and oxygen atoms in total. The standard InChI is InChI=1S/C21H25ClN2O5S2/c1-15-5-4-12-24(14-15)31(28,29)20-13-16(6-11-19(20)22)21(25)23(2)17-7-9-18(10-8-17)30(3,26)27/h6-11,13,15H,4-5,12,14H2,1-3H3. The molecular weight excluding hydrogens is 460 g/mol. The topological polar surface area (TPSA) is 91.8 Å². The maximum absolute atomic E-state index is 13.2. The fourth-order valence-corrected chi connectivity index (χ4v) is 6.29. The predicted molar refractivity (Wildman–Crippen MR) is 121 cm³/mol. The average Bonchev–Trinajstić information content (AvgIpc) is 2.72. The Morgan fingerprint density at radius 3 is 2.32 bits per heavy atom. The summed E-state index contributed by atoms with van der Waals surface area (Å²) in [6, 6.07) is 10.1. The zero-order chi connectivity index (χ0) is 23.0.